The molecule has 242 valence electrons. The molecule has 0 heterocycles. The van der Waals surface area contributed by atoms with Gasteiger partial charge in [-0.1, -0.05) is 23.6 Å². The number of hydrogen-bond acceptors (Lipinski definition) is 17. The van der Waals surface area contributed by atoms with Gasteiger partial charge in [-0.15, -0.1) is 23.1 Å². The number of nitrogen functional groups attached to an aromatic ring is 1. The largest absolute Gasteiger partial charge is 1.00 e. The van der Waals surface area contributed by atoms with Gasteiger partial charge in [0.15, 0.2) is 0 Å². The molecule has 3 N–H and O–H groups in total. The topological polar surface area (TPSA) is 304 Å². The Hall–Kier alpha value is -3.95. The Labute approximate surface area is 320 Å². The number of nitrogens with zero attached hydrogens (tertiary/aromatic N) is 5. The van der Waals surface area contributed by atoms with Crippen LogP contribution in [0.4, 0.5) is 34.1 Å². The molecule has 0 spiro atoms. The number of nitro benzene ring substituents is 1. The zero-order chi connectivity index (χ0) is 34.7. The smallest absolute Gasteiger partial charge is 0.744 e. The van der Waals surface area contributed by atoms with Crippen molar-refractivity contribution in [3.8, 4) is 5.75 Å². The van der Waals surface area contributed by atoms with Gasteiger partial charge in [-0.3, -0.25) is 10.1 Å². The molecule has 0 fully saturated rings. The fourth-order valence-electron chi connectivity index (χ4n) is 4.05. The molecule has 0 unspecified atom stereocenters. The fraction of sp³-hybridized carbons (Fsp3) is 0. The quantitative estimate of drug-likeness (QED) is 0.0306. The molecule has 5 aromatic rings. The van der Waals surface area contributed by atoms with Crippen LogP contribution in [0.1, 0.15) is 0 Å². The third-order valence-corrected chi connectivity index (χ3v) is 7.84. The number of phenolic OH excluding ortho intramolecular Hbond substituents is 1. The maximum Gasteiger partial charge on any atom is 1.00 e. The van der Waals surface area contributed by atoms with E-state index in [0.717, 1.165) is 24.3 Å². The van der Waals surface area contributed by atoms with Gasteiger partial charge in [0.05, 0.1) is 31.8 Å². The Kier molecular flexibility index (Phi) is 15.7. The number of nitro groups is 1. The SMILES string of the molecule is Nc1cc2c(O)c(N=Nc3ccc(N=Nc4ccc([N+](=O)[O-])cc4)c4ccc(S(=O)(=O)[O-])cc34)[c-]cc2cc1S(=O)(=O)[O-].O=S(=O)=O.[Li+].[Li+].[Li+]. The maximum absolute atomic E-state index is 11.7. The molecule has 0 aliphatic carbocycles. The van der Waals surface area contributed by atoms with Crippen LogP contribution in [0.3, 0.4) is 0 Å². The summed E-state index contributed by atoms with van der Waals surface area (Å²) in [4.78, 5) is 9.08. The molecule has 0 saturated carbocycles. The molecule has 0 amide bonds. The average Bonchev–Trinajstić information content (AvgIpc) is 2.98. The molecular formula is C26H15Li3N6O12S3. The molecule has 0 aliphatic heterocycles. The number of non-ortho nitro benzene ring substituents is 1. The third-order valence-electron chi connectivity index (χ3n) is 6.12. The molecule has 0 aromatic heterocycles. The second-order valence-electron chi connectivity index (χ2n) is 9.06. The number of hydrogen-bond donors (Lipinski definition) is 2. The normalized spacial score (nSPS) is 11.2. The van der Waals surface area contributed by atoms with Crippen LogP contribution in [0.25, 0.3) is 21.5 Å². The summed E-state index contributed by atoms with van der Waals surface area (Å²) in [5, 5.41) is 38.5. The molecule has 5 rings (SSSR count). The number of phenols is 1. The number of rotatable bonds is 7. The molecule has 24 heteroatoms. The first kappa shape index (κ1) is 44.1. The van der Waals surface area contributed by atoms with E-state index in [-0.39, 0.29) is 101 Å². The Morgan fingerprint density at radius 1 is 0.740 bits per heavy atom. The van der Waals surface area contributed by atoms with E-state index < -0.39 is 51.3 Å². The van der Waals surface area contributed by atoms with Gasteiger partial charge in [0.1, 0.15) is 20.2 Å². The van der Waals surface area contributed by atoms with E-state index in [4.69, 9.17) is 18.4 Å². The van der Waals surface area contributed by atoms with E-state index in [1.54, 1.807) is 0 Å². The van der Waals surface area contributed by atoms with Crippen LogP contribution in [-0.4, -0.2) is 48.6 Å². The van der Waals surface area contributed by atoms with Crippen LogP contribution >= 0.6 is 0 Å². The average molecular weight is 720 g/mol. The molecule has 0 bridgehead atoms. The molecule has 0 aliphatic rings. The minimum atomic E-state index is -4.87. The van der Waals surface area contributed by atoms with Crippen molar-refractivity contribution in [2.75, 3.05) is 5.73 Å². The van der Waals surface area contributed by atoms with Gasteiger partial charge in [-0.25, -0.2) is 16.8 Å². The first-order chi connectivity index (χ1) is 22.0. The zero-order valence-electron chi connectivity index (χ0n) is 25.9. The van der Waals surface area contributed by atoms with Crippen molar-refractivity contribution in [2.45, 2.75) is 9.79 Å². The first-order valence-corrected chi connectivity index (χ1v) is 16.1. The Balaban J connectivity index is 0.00000169. The standard InChI is InChI=1S/C26H17N6O9S2.3Li.O3S/c27-21-13-19-14(11-25(21)43(39,40)41)1-8-24(26(19)33)31-30-23-10-9-22(18-7-6-17(12-20(18)23)42(36,37)38)29-28-15-2-4-16(5-3-15)32(34)35;;;;1-4(2)3/h1-7,9-13,33H,27H2,(H,36,37,38)(H,39,40,41);;;;/q-1;3*+1;/p-2. The van der Waals surface area contributed by atoms with E-state index in [0.29, 0.717) is 11.1 Å². The Morgan fingerprint density at radius 2 is 1.30 bits per heavy atom. The van der Waals surface area contributed by atoms with Gasteiger partial charge < -0.3 is 19.9 Å². The summed E-state index contributed by atoms with van der Waals surface area (Å²) >= 11 is 0. The van der Waals surface area contributed by atoms with Crippen molar-refractivity contribution >= 4 is 86.5 Å². The van der Waals surface area contributed by atoms with Crippen LogP contribution in [-0.2, 0) is 30.8 Å². The number of aromatic hydroxyl groups is 1. The summed E-state index contributed by atoms with van der Waals surface area (Å²) in [5.41, 5.74) is 5.56. The van der Waals surface area contributed by atoms with Crippen LogP contribution in [0, 0.1) is 16.2 Å². The Morgan fingerprint density at radius 3 is 1.84 bits per heavy atom. The van der Waals surface area contributed by atoms with Crippen molar-refractivity contribution in [3.05, 3.63) is 89.0 Å². The fourth-order valence-corrected chi connectivity index (χ4v) is 5.17. The van der Waals surface area contributed by atoms with E-state index >= 15 is 0 Å². The van der Waals surface area contributed by atoms with Crippen LogP contribution in [0.2, 0.25) is 0 Å². The van der Waals surface area contributed by atoms with Crippen molar-refractivity contribution in [1.29, 1.82) is 0 Å². The molecule has 0 radical (unpaired) electrons. The van der Waals surface area contributed by atoms with Crippen molar-refractivity contribution in [1.82, 2.24) is 0 Å². The summed E-state index contributed by atoms with van der Waals surface area (Å²) in [6, 6.07) is 17.6. The van der Waals surface area contributed by atoms with Crippen molar-refractivity contribution in [2.24, 2.45) is 20.5 Å². The predicted octanol–water partition coefficient (Wildman–Crippen LogP) is -4.36. The molecule has 18 nitrogen and oxygen atoms in total. The first-order valence-electron chi connectivity index (χ1n) is 12.3. The number of fused-ring (bicyclic) bond motifs is 2. The van der Waals surface area contributed by atoms with Gasteiger partial charge in [0.2, 0.25) is 0 Å². The summed E-state index contributed by atoms with van der Waals surface area (Å²) in [5.74, 6) is -0.483. The molecule has 0 saturated heterocycles. The van der Waals surface area contributed by atoms with Gasteiger partial charge >= 0.3 is 67.2 Å². The molecule has 0 atom stereocenters. The molecule has 50 heavy (non-hydrogen) atoms. The summed E-state index contributed by atoms with van der Waals surface area (Å²) in [6.07, 6.45) is 0. The summed E-state index contributed by atoms with van der Waals surface area (Å²) in [6.45, 7) is 0. The third kappa shape index (κ3) is 10.8. The minimum Gasteiger partial charge on any atom is -0.744 e. The molecule has 5 aromatic carbocycles. The number of azo groups is 2. The second-order valence-corrected chi connectivity index (χ2v) is 12.2. The van der Waals surface area contributed by atoms with E-state index in [1.165, 1.54) is 48.5 Å². The predicted molar refractivity (Wildman–Crippen MR) is 160 cm³/mol. The monoisotopic (exact) mass is 720 g/mol. The Bertz CT molecular complexity index is 2480. The van der Waals surface area contributed by atoms with Gasteiger partial charge in [-0.05, 0) is 36.4 Å². The van der Waals surface area contributed by atoms with E-state index in [2.05, 4.69) is 26.5 Å². The zero-order valence-corrected chi connectivity index (χ0v) is 28.4. The minimum absolute atomic E-state index is 0. The number of nitrogens with two attached hydrogens (primary N) is 1. The molecular weight excluding hydrogens is 705 g/mol. The van der Waals surface area contributed by atoms with Crippen molar-refractivity contribution < 1.29 is 105 Å². The number of anilines is 1. The van der Waals surface area contributed by atoms with Gasteiger partial charge in [-0.2, -0.15) is 27.5 Å². The maximum atomic E-state index is 11.7. The second kappa shape index (κ2) is 17.8. The van der Waals surface area contributed by atoms with E-state index in [1.807, 2.05) is 0 Å². The van der Waals surface area contributed by atoms with Crippen LogP contribution in [0.15, 0.2) is 103 Å². The van der Waals surface area contributed by atoms with Gasteiger partial charge in [0, 0.05) is 40.0 Å². The summed E-state index contributed by atoms with van der Waals surface area (Å²) in [7, 11) is -12.8. The van der Waals surface area contributed by atoms with Crippen molar-refractivity contribution in [3.63, 3.8) is 0 Å². The van der Waals surface area contributed by atoms with Crippen LogP contribution < -0.4 is 62.3 Å². The summed E-state index contributed by atoms with van der Waals surface area (Å²) < 4.78 is 94.8. The van der Waals surface area contributed by atoms with Gasteiger partial charge in [0.25, 0.3) is 5.69 Å². The van der Waals surface area contributed by atoms with E-state index in [9.17, 15) is 41.2 Å². The number of benzene rings is 5. The van der Waals surface area contributed by atoms with Crippen LogP contribution in [0.5, 0.6) is 5.75 Å².